The van der Waals surface area contributed by atoms with Gasteiger partial charge < -0.3 is 15.0 Å². The highest BCUT2D eigenvalue weighted by Gasteiger charge is 2.43. The highest BCUT2D eigenvalue weighted by molar-refractivity contribution is 6.22. The summed E-state index contributed by atoms with van der Waals surface area (Å²) in [4.78, 5) is 65.5. The van der Waals surface area contributed by atoms with Gasteiger partial charge in [0.2, 0.25) is 5.91 Å². The van der Waals surface area contributed by atoms with Gasteiger partial charge in [-0.25, -0.2) is 4.79 Å². The first-order valence-corrected chi connectivity index (χ1v) is 11.6. The van der Waals surface area contributed by atoms with Gasteiger partial charge in [-0.15, -0.1) is 0 Å². The summed E-state index contributed by atoms with van der Waals surface area (Å²) in [5.74, 6) is -2.40. The summed E-state index contributed by atoms with van der Waals surface area (Å²) in [6.07, 6.45) is 1.56. The molecule has 1 fully saturated rings. The number of fused-ring (bicyclic) bond motifs is 1. The minimum atomic E-state index is -1.13. The fourth-order valence-corrected chi connectivity index (χ4v) is 4.32. The maximum absolute atomic E-state index is 12.9. The first-order chi connectivity index (χ1) is 16.8. The molecule has 0 unspecified atom stereocenters. The summed E-state index contributed by atoms with van der Waals surface area (Å²) in [6, 6.07) is 12.1. The second-order valence-electron chi connectivity index (χ2n) is 9.02. The number of hydrogen-bond acceptors (Lipinski definition) is 6. The van der Waals surface area contributed by atoms with Crippen LogP contribution in [0.3, 0.4) is 0 Å². The Bertz CT molecular complexity index is 1140. The third-order valence-electron chi connectivity index (χ3n) is 5.99. The first-order valence-electron chi connectivity index (χ1n) is 11.6. The molecular formula is C26H27N3O6. The number of carbonyl (C=O) groups is 5. The Labute approximate surface area is 203 Å². The van der Waals surface area contributed by atoms with Gasteiger partial charge in [-0.3, -0.25) is 24.1 Å². The number of imide groups is 1. The van der Waals surface area contributed by atoms with E-state index in [-0.39, 0.29) is 29.4 Å². The Balaban J connectivity index is 1.37. The predicted octanol–water partition coefficient (Wildman–Crippen LogP) is 3.01. The van der Waals surface area contributed by atoms with Crippen LogP contribution in [-0.2, 0) is 19.1 Å². The number of esters is 1. The Hall–Kier alpha value is -4.01. The van der Waals surface area contributed by atoms with Crippen LogP contribution in [0.5, 0.6) is 0 Å². The van der Waals surface area contributed by atoms with Crippen LogP contribution in [0.2, 0.25) is 0 Å². The molecule has 35 heavy (non-hydrogen) atoms. The molecule has 4 amide bonds. The van der Waals surface area contributed by atoms with Gasteiger partial charge in [-0.05, 0) is 55.2 Å². The molecule has 182 valence electrons. The monoisotopic (exact) mass is 477 g/mol. The quantitative estimate of drug-likeness (QED) is 0.462. The van der Waals surface area contributed by atoms with Crippen LogP contribution in [0.1, 0.15) is 53.8 Å². The van der Waals surface area contributed by atoms with Crippen LogP contribution in [-0.4, -0.2) is 53.7 Å². The van der Waals surface area contributed by atoms with Gasteiger partial charge in [0.25, 0.3) is 17.7 Å². The third kappa shape index (κ3) is 5.08. The van der Waals surface area contributed by atoms with Gasteiger partial charge in [-0.1, -0.05) is 26.0 Å². The Morgan fingerprint density at radius 2 is 1.60 bits per heavy atom. The van der Waals surface area contributed by atoms with Crippen molar-refractivity contribution in [2.24, 2.45) is 5.92 Å². The zero-order valence-electron chi connectivity index (χ0n) is 19.7. The van der Waals surface area contributed by atoms with Gasteiger partial charge in [0.05, 0.1) is 11.1 Å². The zero-order valence-corrected chi connectivity index (χ0v) is 19.7. The standard InChI is InChI=1S/C26H27N3O6/c1-16(2)14-21(29-24(32)19-6-3-4-7-20(19)25(29)33)26(34)35-15-22(30)27-17-9-11-18(12-10-17)28-13-5-8-23(28)31/h3-4,6-7,9-12,16,21H,5,8,13-15H2,1-2H3,(H,27,30)/t21-/m1/s1. The SMILES string of the molecule is CC(C)C[C@H](C(=O)OCC(=O)Nc1ccc(N2CCCC2=O)cc1)N1C(=O)c2ccccc2C1=O. The second-order valence-corrected chi connectivity index (χ2v) is 9.02. The van der Waals surface area contributed by atoms with E-state index in [9.17, 15) is 24.0 Å². The summed E-state index contributed by atoms with van der Waals surface area (Å²) in [5, 5.41) is 2.64. The number of carbonyl (C=O) groups excluding carboxylic acids is 5. The fourth-order valence-electron chi connectivity index (χ4n) is 4.32. The molecule has 1 atom stereocenters. The van der Waals surface area contributed by atoms with E-state index >= 15 is 0 Å². The van der Waals surface area contributed by atoms with Crippen LogP contribution in [0.25, 0.3) is 0 Å². The molecular weight excluding hydrogens is 450 g/mol. The fraction of sp³-hybridized carbons (Fsp3) is 0.346. The van der Waals surface area contributed by atoms with E-state index in [1.165, 1.54) is 0 Å². The molecule has 0 aromatic heterocycles. The van der Waals surface area contributed by atoms with E-state index < -0.39 is 36.3 Å². The normalized spacial score (nSPS) is 16.0. The smallest absolute Gasteiger partial charge is 0.329 e. The van der Waals surface area contributed by atoms with Gasteiger partial charge in [0.15, 0.2) is 6.61 Å². The third-order valence-corrected chi connectivity index (χ3v) is 5.99. The van der Waals surface area contributed by atoms with Crippen molar-refractivity contribution in [1.29, 1.82) is 0 Å². The molecule has 0 bridgehead atoms. The van der Waals surface area contributed by atoms with Crippen LogP contribution in [0.15, 0.2) is 48.5 Å². The summed E-state index contributed by atoms with van der Waals surface area (Å²) in [6.45, 7) is 3.84. The van der Waals surface area contributed by atoms with Crippen LogP contribution >= 0.6 is 0 Å². The van der Waals surface area contributed by atoms with E-state index in [1.807, 2.05) is 13.8 Å². The molecule has 0 radical (unpaired) electrons. The maximum Gasteiger partial charge on any atom is 0.329 e. The lowest BCUT2D eigenvalue weighted by Crippen LogP contribution is -2.46. The minimum absolute atomic E-state index is 0.00769. The molecule has 0 saturated carbocycles. The largest absolute Gasteiger partial charge is 0.454 e. The molecule has 9 heteroatoms. The molecule has 2 aliphatic heterocycles. The van der Waals surface area contributed by atoms with Crippen LogP contribution in [0, 0.1) is 5.92 Å². The number of amides is 4. The van der Waals surface area contributed by atoms with Gasteiger partial charge in [0, 0.05) is 24.3 Å². The lowest BCUT2D eigenvalue weighted by molar-refractivity contribution is -0.151. The Morgan fingerprint density at radius 1 is 0.971 bits per heavy atom. The van der Waals surface area contributed by atoms with Crippen LogP contribution < -0.4 is 10.2 Å². The summed E-state index contributed by atoms with van der Waals surface area (Å²) in [7, 11) is 0. The minimum Gasteiger partial charge on any atom is -0.454 e. The van der Waals surface area contributed by atoms with Gasteiger partial charge in [-0.2, -0.15) is 0 Å². The number of hydrogen-bond donors (Lipinski definition) is 1. The zero-order chi connectivity index (χ0) is 25.1. The van der Waals surface area contributed by atoms with E-state index in [0.717, 1.165) is 17.0 Å². The lowest BCUT2D eigenvalue weighted by Gasteiger charge is -2.25. The molecule has 1 saturated heterocycles. The summed E-state index contributed by atoms with van der Waals surface area (Å²) < 4.78 is 5.22. The molecule has 2 aliphatic rings. The number of ether oxygens (including phenoxy) is 1. The Morgan fingerprint density at radius 3 is 2.14 bits per heavy atom. The molecule has 0 spiro atoms. The lowest BCUT2D eigenvalue weighted by atomic mass is 10.0. The summed E-state index contributed by atoms with van der Waals surface area (Å²) >= 11 is 0. The van der Waals surface area contributed by atoms with Crippen molar-refractivity contribution in [3.63, 3.8) is 0 Å². The van der Waals surface area contributed by atoms with Crippen molar-refractivity contribution in [2.75, 3.05) is 23.4 Å². The van der Waals surface area contributed by atoms with E-state index in [2.05, 4.69) is 5.32 Å². The molecule has 1 N–H and O–H groups in total. The maximum atomic E-state index is 12.9. The van der Waals surface area contributed by atoms with Crippen molar-refractivity contribution >= 4 is 41.0 Å². The molecule has 4 rings (SSSR count). The molecule has 0 aliphatic carbocycles. The average Bonchev–Trinajstić information content (AvgIpc) is 3.37. The highest BCUT2D eigenvalue weighted by Crippen LogP contribution is 2.27. The number of anilines is 2. The number of nitrogens with zero attached hydrogens (tertiary/aromatic N) is 2. The molecule has 2 aromatic rings. The van der Waals surface area contributed by atoms with E-state index in [4.69, 9.17) is 4.74 Å². The second kappa shape index (κ2) is 10.1. The molecule has 2 aromatic carbocycles. The Kier molecular flexibility index (Phi) is 6.95. The van der Waals surface area contributed by atoms with Crippen molar-refractivity contribution in [1.82, 2.24) is 4.90 Å². The predicted molar refractivity (Wildman–Crippen MR) is 128 cm³/mol. The average molecular weight is 478 g/mol. The van der Waals surface area contributed by atoms with Crippen molar-refractivity contribution in [3.8, 4) is 0 Å². The first kappa shape index (κ1) is 24.1. The van der Waals surface area contributed by atoms with Gasteiger partial charge in [0.1, 0.15) is 6.04 Å². The van der Waals surface area contributed by atoms with Crippen molar-refractivity contribution in [3.05, 3.63) is 59.7 Å². The van der Waals surface area contributed by atoms with E-state index in [0.29, 0.717) is 18.7 Å². The summed E-state index contributed by atoms with van der Waals surface area (Å²) in [5.41, 5.74) is 1.74. The number of benzene rings is 2. The number of nitrogens with one attached hydrogen (secondary N) is 1. The topological polar surface area (TPSA) is 113 Å². The van der Waals surface area contributed by atoms with Crippen LogP contribution in [0.4, 0.5) is 11.4 Å². The molecule has 9 nitrogen and oxygen atoms in total. The number of rotatable bonds is 8. The highest BCUT2D eigenvalue weighted by atomic mass is 16.5. The van der Waals surface area contributed by atoms with Crippen molar-refractivity contribution in [2.45, 2.75) is 39.2 Å². The molecule has 2 heterocycles. The van der Waals surface area contributed by atoms with E-state index in [1.54, 1.807) is 53.4 Å². The van der Waals surface area contributed by atoms with Crippen molar-refractivity contribution < 1.29 is 28.7 Å². The van der Waals surface area contributed by atoms with Gasteiger partial charge >= 0.3 is 5.97 Å².